The second-order valence-electron chi connectivity index (χ2n) is 10.6. The lowest BCUT2D eigenvalue weighted by atomic mass is 10.2. The Morgan fingerprint density at radius 3 is 1.96 bits per heavy atom. The zero-order valence-corrected chi connectivity index (χ0v) is 27.4. The van der Waals surface area contributed by atoms with Crippen LogP contribution in [0.3, 0.4) is 0 Å². The molecule has 240 valence electrons. The number of carboxylic acids is 1. The zero-order chi connectivity index (χ0) is 33.2. The van der Waals surface area contributed by atoms with E-state index in [1.165, 1.54) is 22.7 Å². The van der Waals surface area contributed by atoms with Gasteiger partial charge in [-0.05, 0) is 86.6 Å². The van der Waals surface area contributed by atoms with Crippen LogP contribution >= 0.6 is 22.7 Å². The van der Waals surface area contributed by atoms with Crippen molar-refractivity contribution in [2.24, 2.45) is 0 Å². The summed E-state index contributed by atoms with van der Waals surface area (Å²) in [6.07, 6.45) is 0. The Morgan fingerprint density at radius 1 is 0.771 bits per heavy atom. The number of esters is 1. The number of aromatic amines is 1. The highest BCUT2D eigenvalue weighted by Crippen LogP contribution is 2.34. The maximum absolute atomic E-state index is 11.8. The molecule has 0 fully saturated rings. The highest BCUT2D eigenvalue weighted by molar-refractivity contribution is 7.20. The first kappa shape index (κ1) is 30.9. The van der Waals surface area contributed by atoms with Gasteiger partial charge >= 0.3 is 11.9 Å². The van der Waals surface area contributed by atoms with Gasteiger partial charge in [-0.3, -0.25) is 0 Å². The molecule has 0 saturated heterocycles. The molecule has 0 aliphatic rings. The average Bonchev–Trinajstić information content (AvgIpc) is 3.87. The van der Waals surface area contributed by atoms with Gasteiger partial charge in [-0.1, -0.05) is 46.9 Å². The molecule has 12 heteroatoms. The van der Waals surface area contributed by atoms with Crippen LogP contribution in [0.2, 0.25) is 0 Å². The summed E-state index contributed by atoms with van der Waals surface area (Å²) in [5.74, 6) is 0.0340. The summed E-state index contributed by atoms with van der Waals surface area (Å²) >= 11 is 2.98. The van der Waals surface area contributed by atoms with E-state index in [4.69, 9.17) is 14.2 Å². The fraction of sp³-hybridized carbons (Fsp3) is 0.111. The molecule has 2 N–H and O–H groups in total. The maximum atomic E-state index is 11.8. The number of aromatic carboxylic acids is 1. The number of H-pyrrole nitrogens is 1. The summed E-state index contributed by atoms with van der Waals surface area (Å²) in [5, 5.41) is 12.2. The largest absolute Gasteiger partial charge is 0.477 e. The number of carbonyl (C=O) groups excluding carboxylic acids is 1. The molecule has 0 saturated carbocycles. The van der Waals surface area contributed by atoms with Crippen LogP contribution in [-0.4, -0.2) is 43.2 Å². The standard InChI is InChI=1S/2C18H14N2O3S/c1-2-22-17(21)15-10-11-9-12(7-8-13(11)19-15)23-18-20-14-5-3-4-6-16(14)24-18;1-2-20-14-8-7-12(9-11(14)10-15(20)17(21)22)23-18-19-13-5-3-4-6-16(13)24-18/h3-10,19H,2H2,1H3;3-10H,2H2,1H3,(H,21,22). The lowest BCUT2D eigenvalue weighted by Gasteiger charge is -2.05. The van der Waals surface area contributed by atoms with E-state index in [0.29, 0.717) is 40.7 Å². The molecule has 0 amide bonds. The van der Waals surface area contributed by atoms with Crippen LogP contribution in [0.25, 0.3) is 42.2 Å². The number of aryl methyl sites for hydroxylation is 1. The van der Waals surface area contributed by atoms with Crippen molar-refractivity contribution in [2.45, 2.75) is 20.4 Å². The van der Waals surface area contributed by atoms with Gasteiger partial charge in [0.2, 0.25) is 0 Å². The first-order valence-electron chi connectivity index (χ1n) is 15.1. The van der Waals surface area contributed by atoms with Crippen molar-refractivity contribution < 1.29 is 28.9 Å². The van der Waals surface area contributed by atoms with Gasteiger partial charge in [0.1, 0.15) is 22.9 Å². The van der Waals surface area contributed by atoms with Gasteiger partial charge in [-0.25, -0.2) is 19.6 Å². The normalized spacial score (nSPS) is 11.1. The highest BCUT2D eigenvalue weighted by Gasteiger charge is 2.15. The zero-order valence-electron chi connectivity index (χ0n) is 25.8. The summed E-state index contributed by atoms with van der Waals surface area (Å²) in [7, 11) is 0. The Hall–Kier alpha value is -5.72. The number of hydrogen-bond donors (Lipinski definition) is 2. The van der Waals surface area contributed by atoms with E-state index < -0.39 is 5.97 Å². The number of para-hydroxylation sites is 2. The van der Waals surface area contributed by atoms with Gasteiger partial charge in [-0.15, -0.1) is 0 Å². The molecule has 0 atom stereocenters. The van der Waals surface area contributed by atoms with Crippen molar-refractivity contribution in [3.8, 4) is 21.9 Å². The van der Waals surface area contributed by atoms with Crippen LogP contribution in [0.4, 0.5) is 0 Å². The van der Waals surface area contributed by atoms with E-state index in [-0.39, 0.29) is 11.7 Å². The maximum Gasteiger partial charge on any atom is 0.354 e. The second kappa shape index (κ2) is 13.2. The molecular formula is C36H28N4O6S2. The molecular weight excluding hydrogens is 649 g/mol. The number of carbonyl (C=O) groups is 2. The molecule has 8 rings (SSSR count). The summed E-state index contributed by atoms with van der Waals surface area (Å²) in [5.41, 5.74) is 4.28. The molecule has 4 heterocycles. The second-order valence-corrected chi connectivity index (χ2v) is 12.5. The predicted octanol–water partition coefficient (Wildman–Crippen LogP) is 9.51. The lowest BCUT2D eigenvalue weighted by Crippen LogP contribution is -2.06. The van der Waals surface area contributed by atoms with Gasteiger partial charge in [0.15, 0.2) is 0 Å². The number of aromatic nitrogens is 4. The number of nitrogens with zero attached hydrogens (tertiary/aromatic N) is 3. The van der Waals surface area contributed by atoms with Gasteiger partial charge in [0.05, 0.1) is 27.0 Å². The topological polar surface area (TPSA) is 129 Å². The number of benzene rings is 4. The van der Waals surface area contributed by atoms with E-state index in [9.17, 15) is 14.7 Å². The highest BCUT2D eigenvalue weighted by atomic mass is 32.1. The third-order valence-corrected chi connectivity index (χ3v) is 9.28. The quantitative estimate of drug-likeness (QED) is 0.152. The van der Waals surface area contributed by atoms with Crippen LogP contribution < -0.4 is 9.47 Å². The minimum absolute atomic E-state index is 0.282. The number of carboxylic acid groups (broad SMARTS) is 1. The summed E-state index contributed by atoms with van der Waals surface area (Å²) in [4.78, 5) is 35.1. The van der Waals surface area contributed by atoms with Crippen molar-refractivity contribution >= 4 is 76.9 Å². The van der Waals surface area contributed by atoms with Crippen molar-refractivity contribution in [3.63, 3.8) is 0 Å². The molecule has 4 aromatic heterocycles. The molecule has 4 aromatic carbocycles. The van der Waals surface area contributed by atoms with Gasteiger partial charge in [0, 0.05) is 28.4 Å². The number of fused-ring (bicyclic) bond motifs is 4. The smallest absolute Gasteiger partial charge is 0.354 e. The Morgan fingerprint density at radius 2 is 1.38 bits per heavy atom. The molecule has 0 unspecified atom stereocenters. The Balaban J connectivity index is 0.000000152. The Bertz CT molecular complexity index is 2370. The molecule has 0 radical (unpaired) electrons. The summed E-state index contributed by atoms with van der Waals surface area (Å²) < 4.78 is 20.7. The molecule has 0 aliphatic heterocycles. The van der Waals surface area contributed by atoms with E-state index >= 15 is 0 Å². The number of rotatable bonds is 8. The number of ether oxygens (including phenoxy) is 3. The molecule has 48 heavy (non-hydrogen) atoms. The van der Waals surface area contributed by atoms with Crippen LogP contribution in [0, 0.1) is 0 Å². The van der Waals surface area contributed by atoms with Crippen molar-refractivity contribution in [1.29, 1.82) is 0 Å². The average molecular weight is 677 g/mol. The van der Waals surface area contributed by atoms with E-state index in [0.717, 1.165) is 42.2 Å². The summed E-state index contributed by atoms with van der Waals surface area (Å²) in [6.45, 7) is 4.66. The van der Waals surface area contributed by atoms with E-state index in [2.05, 4.69) is 15.0 Å². The molecule has 10 nitrogen and oxygen atoms in total. The third kappa shape index (κ3) is 6.31. The summed E-state index contributed by atoms with van der Waals surface area (Å²) in [6, 6.07) is 30.4. The van der Waals surface area contributed by atoms with Gasteiger partial charge in [-0.2, -0.15) is 0 Å². The minimum atomic E-state index is -0.929. The van der Waals surface area contributed by atoms with E-state index in [1.807, 2.05) is 91.9 Å². The van der Waals surface area contributed by atoms with Gasteiger partial charge in [0.25, 0.3) is 10.4 Å². The number of hydrogen-bond acceptors (Lipinski definition) is 9. The minimum Gasteiger partial charge on any atom is -0.477 e. The van der Waals surface area contributed by atoms with Crippen LogP contribution in [0.5, 0.6) is 21.9 Å². The van der Waals surface area contributed by atoms with E-state index in [1.54, 1.807) is 23.6 Å². The SMILES string of the molecule is CCOC(=O)c1cc2cc(Oc3nc4ccccc4s3)ccc2[nH]1.CCn1c(C(=O)O)cc2cc(Oc3nc4ccccc4s3)ccc21. The monoisotopic (exact) mass is 676 g/mol. The first-order valence-corrected chi connectivity index (χ1v) is 16.7. The van der Waals surface area contributed by atoms with Crippen LogP contribution in [0.1, 0.15) is 34.8 Å². The van der Waals surface area contributed by atoms with Gasteiger partial charge < -0.3 is 28.9 Å². The lowest BCUT2D eigenvalue weighted by molar-refractivity contribution is 0.0520. The predicted molar refractivity (Wildman–Crippen MR) is 188 cm³/mol. The Labute approximate surface area is 281 Å². The number of thiazole rings is 2. The van der Waals surface area contributed by atoms with Crippen LogP contribution in [0.15, 0.2) is 97.1 Å². The number of nitrogens with one attached hydrogen (secondary N) is 1. The van der Waals surface area contributed by atoms with Crippen molar-refractivity contribution in [1.82, 2.24) is 19.5 Å². The van der Waals surface area contributed by atoms with Crippen molar-refractivity contribution in [3.05, 3.63) is 108 Å². The molecule has 0 spiro atoms. The fourth-order valence-electron chi connectivity index (χ4n) is 5.31. The van der Waals surface area contributed by atoms with Crippen LogP contribution in [-0.2, 0) is 11.3 Å². The molecule has 0 aliphatic carbocycles. The first-order chi connectivity index (χ1) is 23.4. The third-order valence-electron chi connectivity index (χ3n) is 7.45. The molecule has 0 bridgehead atoms. The molecule has 8 aromatic rings. The fourth-order valence-corrected chi connectivity index (χ4v) is 6.98. The van der Waals surface area contributed by atoms with Crippen molar-refractivity contribution in [2.75, 3.05) is 6.61 Å². The Kier molecular flexibility index (Phi) is 8.49.